The average Bonchev–Trinajstić information content (AvgIpc) is 3.30. The number of aliphatic imine (C=N–C) groups is 1. The van der Waals surface area contributed by atoms with Crippen LogP contribution in [0.2, 0.25) is 0 Å². The molecule has 0 amide bonds. The van der Waals surface area contributed by atoms with E-state index in [4.69, 9.17) is 9.47 Å². The molecule has 1 heterocycles. The summed E-state index contributed by atoms with van der Waals surface area (Å²) in [5.41, 5.74) is 0. The fourth-order valence-electron chi connectivity index (χ4n) is 2.15. The van der Waals surface area contributed by atoms with Crippen molar-refractivity contribution in [3.05, 3.63) is 0 Å². The number of hydrogen-bond acceptors (Lipinski definition) is 4. The van der Waals surface area contributed by atoms with Crippen molar-refractivity contribution in [2.45, 2.75) is 12.8 Å². The summed E-state index contributed by atoms with van der Waals surface area (Å²) in [6, 6.07) is 0. The molecule has 0 unspecified atom stereocenters. The number of morpholine rings is 1. The third kappa shape index (κ3) is 6.54. The predicted octanol–water partition coefficient (Wildman–Crippen LogP) is -0.0898. The molecule has 0 radical (unpaired) electrons. The van der Waals surface area contributed by atoms with Crippen LogP contribution in [0, 0.1) is 5.92 Å². The van der Waals surface area contributed by atoms with Crippen LogP contribution in [0.5, 0.6) is 0 Å². The van der Waals surface area contributed by atoms with E-state index in [0.29, 0.717) is 0 Å². The van der Waals surface area contributed by atoms with Crippen molar-refractivity contribution in [3.63, 3.8) is 0 Å². The lowest BCUT2D eigenvalue weighted by Gasteiger charge is -2.26. The summed E-state index contributed by atoms with van der Waals surface area (Å²) in [6.07, 6.45) is 2.69. The van der Waals surface area contributed by atoms with E-state index in [1.54, 1.807) is 7.05 Å². The highest BCUT2D eigenvalue weighted by Crippen LogP contribution is 2.28. The molecule has 6 heteroatoms. The Morgan fingerprint density at radius 1 is 1.25 bits per heavy atom. The summed E-state index contributed by atoms with van der Waals surface area (Å²) in [6.45, 7) is 8.18. The van der Waals surface area contributed by atoms with Gasteiger partial charge in [0.1, 0.15) is 0 Å². The van der Waals surface area contributed by atoms with Gasteiger partial charge in [-0.15, -0.1) is 0 Å². The highest BCUT2D eigenvalue weighted by Gasteiger charge is 2.20. The largest absolute Gasteiger partial charge is 0.379 e. The van der Waals surface area contributed by atoms with Crippen molar-refractivity contribution in [2.75, 3.05) is 66.2 Å². The first kappa shape index (κ1) is 15.5. The summed E-state index contributed by atoms with van der Waals surface area (Å²) in [5, 5.41) is 6.60. The molecule has 0 spiro atoms. The minimum atomic E-state index is 0.751. The molecular formula is C14H28N4O2. The third-order valence-corrected chi connectivity index (χ3v) is 3.64. The van der Waals surface area contributed by atoms with Crippen LogP contribution in [0.1, 0.15) is 12.8 Å². The number of rotatable bonds is 8. The Morgan fingerprint density at radius 3 is 2.70 bits per heavy atom. The highest BCUT2D eigenvalue weighted by molar-refractivity contribution is 5.79. The molecule has 0 aromatic rings. The van der Waals surface area contributed by atoms with Gasteiger partial charge in [0.2, 0.25) is 0 Å². The van der Waals surface area contributed by atoms with Gasteiger partial charge >= 0.3 is 0 Å². The normalized spacial score (nSPS) is 20.9. The van der Waals surface area contributed by atoms with Gasteiger partial charge in [-0.25, -0.2) is 0 Å². The first-order chi connectivity index (χ1) is 9.88. The molecule has 2 rings (SSSR count). The van der Waals surface area contributed by atoms with Crippen molar-refractivity contribution < 1.29 is 9.47 Å². The van der Waals surface area contributed by atoms with Crippen LogP contribution in [-0.2, 0) is 9.47 Å². The lowest BCUT2D eigenvalue weighted by molar-refractivity contribution is 0.0389. The molecule has 0 bridgehead atoms. The standard InChI is InChI=1S/C14H28N4O2/c1-15-14(17-5-9-20-12-13-2-3-13)16-4-6-18-7-10-19-11-8-18/h13H,2-12H2,1H3,(H2,15,16,17). The Bertz CT molecular complexity index is 289. The maximum absolute atomic E-state index is 5.58. The summed E-state index contributed by atoms with van der Waals surface area (Å²) >= 11 is 0. The molecule has 20 heavy (non-hydrogen) atoms. The van der Waals surface area contributed by atoms with Crippen molar-refractivity contribution in [1.29, 1.82) is 0 Å². The molecule has 116 valence electrons. The number of hydrogen-bond donors (Lipinski definition) is 2. The van der Waals surface area contributed by atoms with Gasteiger partial charge in [-0.2, -0.15) is 0 Å². The van der Waals surface area contributed by atoms with E-state index >= 15 is 0 Å². The smallest absolute Gasteiger partial charge is 0.191 e. The monoisotopic (exact) mass is 284 g/mol. The second kappa shape index (κ2) is 9.15. The number of guanidine groups is 1. The zero-order valence-electron chi connectivity index (χ0n) is 12.6. The van der Waals surface area contributed by atoms with Crippen molar-refractivity contribution in [3.8, 4) is 0 Å². The third-order valence-electron chi connectivity index (χ3n) is 3.64. The van der Waals surface area contributed by atoms with Crippen molar-refractivity contribution in [2.24, 2.45) is 10.9 Å². The lowest BCUT2D eigenvalue weighted by atomic mass is 10.4. The topological polar surface area (TPSA) is 58.1 Å². The van der Waals surface area contributed by atoms with Gasteiger partial charge < -0.3 is 20.1 Å². The van der Waals surface area contributed by atoms with E-state index in [1.165, 1.54) is 12.8 Å². The van der Waals surface area contributed by atoms with E-state index < -0.39 is 0 Å². The van der Waals surface area contributed by atoms with E-state index in [2.05, 4.69) is 20.5 Å². The zero-order valence-corrected chi connectivity index (χ0v) is 12.6. The van der Waals surface area contributed by atoms with Gasteiger partial charge in [-0.1, -0.05) is 0 Å². The summed E-state index contributed by atoms with van der Waals surface area (Å²) < 4.78 is 10.9. The Balaban J connectivity index is 1.46. The molecule has 1 aliphatic carbocycles. The fraction of sp³-hybridized carbons (Fsp3) is 0.929. The van der Waals surface area contributed by atoms with E-state index in [9.17, 15) is 0 Å². The van der Waals surface area contributed by atoms with Crippen molar-refractivity contribution in [1.82, 2.24) is 15.5 Å². The molecule has 6 nitrogen and oxygen atoms in total. The van der Waals surface area contributed by atoms with E-state index in [1.807, 2.05) is 0 Å². The van der Waals surface area contributed by atoms with Gasteiger partial charge in [0, 0.05) is 46.4 Å². The molecule has 1 saturated heterocycles. The molecule has 2 fully saturated rings. The van der Waals surface area contributed by atoms with Gasteiger partial charge in [0.15, 0.2) is 5.96 Å². The number of nitrogens with one attached hydrogen (secondary N) is 2. The summed E-state index contributed by atoms with van der Waals surface area (Å²) in [7, 11) is 1.80. The van der Waals surface area contributed by atoms with Crippen LogP contribution in [0.25, 0.3) is 0 Å². The molecule has 2 N–H and O–H groups in total. The Kier molecular flexibility index (Phi) is 7.11. The quantitative estimate of drug-likeness (QED) is 0.371. The summed E-state index contributed by atoms with van der Waals surface area (Å²) in [5.74, 6) is 1.69. The van der Waals surface area contributed by atoms with Gasteiger partial charge in [0.05, 0.1) is 19.8 Å². The fourth-order valence-corrected chi connectivity index (χ4v) is 2.15. The minimum absolute atomic E-state index is 0.751. The second-order valence-corrected chi connectivity index (χ2v) is 5.40. The Labute approximate surface area is 121 Å². The van der Waals surface area contributed by atoms with E-state index in [0.717, 1.165) is 71.0 Å². The first-order valence-electron chi connectivity index (χ1n) is 7.71. The van der Waals surface area contributed by atoms with E-state index in [-0.39, 0.29) is 0 Å². The summed E-state index contributed by atoms with van der Waals surface area (Å²) in [4.78, 5) is 6.62. The van der Waals surface area contributed by atoms with Crippen molar-refractivity contribution >= 4 is 5.96 Å². The number of nitrogens with zero attached hydrogens (tertiary/aromatic N) is 2. The maximum atomic E-state index is 5.58. The maximum Gasteiger partial charge on any atom is 0.191 e. The molecular weight excluding hydrogens is 256 g/mol. The van der Waals surface area contributed by atoms with Gasteiger partial charge in [0.25, 0.3) is 0 Å². The molecule has 2 aliphatic rings. The number of ether oxygens (including phenoxy) is 2. The predicted molar refractivity (Wildman–Crippen MR) is 80.2 cm³/mol. The van der Waals surface area contributed by atoms with Crippen LogP contribution < -0.4 is 10.6 Å². The lowest BCUT2D eigenvalue weighted by Crippen LogP contribution is -2.45. The molecule has 0 aromatic carbocycles. The molecule has 0 atom stereocenters. The van der Waals surface area contributed by atoms with Crippen LogP contribution in [0.15, 0.2) is 4.99 Å². The SMILES string of the molecule is CN=C(NCCOCC1CC1)NCCN1CCOCC1. The molecule has 1 aliphatic heterocycles. The molecule has 0 aromatic heterocycles. The van der Waals surface area contributed by atoms with Crippen LogP contribution >= 0.6 is 0 Å². The van der Waals surface area contributed by atoms with Gasteiger partial charge in [-0.3, -0.25) is 9.89 Å². The molecule has 1 saturated carbocycles. The average molecular weight is 284 g/mol. The van der Waals surface area contributed by atoms with Gasteiger partial charge in [-0.05, 0) is 18.8 Å². The minimum Gasteiger partial charge on any atom is -0.379 e. The first-order valence-corrected chi connectivity index (χ1v) is 7.71. The van der Waals surface area contributed by atoms with Crippen LogP contribution in [0.3, 0.4) is 0 Å². The Hall–Kier alpha value is -0.850. The highest BCUT2D eigenvalue weighted by atomic mass is 16.5. The van der Waals surface area contributed by atoms with Crippen LogP contribution in [0.4, 0.5) is 0 Å². The van der Waals surface area contributed by atoms with Crippen LogP contribution in [-0.4, -0.2) is 77.1 Å². The second-order valence-electron chi connectivity index (χ2n) is 5.40. The Morgan fingerprint density at radius 2 is 2.00 bits per heavy atom. The zero-order chi connectivity index (χ0) is 14.0.